The van der Waals surface area contributed by atoms with Crippen LogP contribution in [-0.4, -0.2) is 43.9 Å². The normalized spacial score (nSPS) is 11.7. The Morgan fingerprint density at radius 1 is 1.26 bits per heavy atom. The third-order valence-corrected chi connectivity index (χ3v) is 6.27. The second-order valence-electron chi connectivity index (χ2n) is 7.59. The van der Waals surface area contributed by atoms with Gasteiger partial charge in [-0.15, -0.1) is 0 Å². The fraction of sp³-hybridized carbons (Fsp3) is 0.273. The lowest BCUT2D eigenvalue weighted by atomic mass is 10.1. The molecule has 13 heteroatoms. The minimum Gasteiger partial charge on any atom is -0.497 e. The molecule has 4 aromatic rings. The number of hydrogen-bond donors (Lipinski definition) is 1. The Labute approximate surface area is 211 Å². The number of fused-ring (bicyclic) bond motifs is 1. The molecule has 3 heterocycles. The quantitative estimate of drug-likeness (QED) is 0.310. The Bertz CT molecular complexity index is 1380. The molecule has 184 valence electrons. The van der Waals surface area contributed by atoms with Crippen LogP contribution in [0, 0.1) is 6.92 Å². The average Bonchev–Trinajstić information content (AvgIpc) is 3.33. The zero-order valence-electron chi connectivity index (χ0n) is 18.5. The van der Waals surface area contributed by atoms with E-state index in [9.17, 15) is 18.0 Å². The number of alkyl halides is 3. The van der Waals surface area contributed by atoms with Gasteiger partial charge in [0.05, 0.1) is 23.0 Å². The highest BCUT2D eigenvalue weighted by Gasteiger charge is 2.36. The number of ether oxygens (including phenoxy) is 1. The molecule has 0 unspecified atom stereocenters. The highest BCUT2D eigenvalue weighted by molar-refractivity contribution is 9.10. The number of rotatable bonds is 7. The molecule has 0 saturated heterocycles. The molecular formula is C22H19BrClF3N6O2. The average molecular weight is 572 g/mol. The number of carbonyl (C=O) groups excluding carboxylic acids is 1. The lowest BCUT2D eigenvalue weighted by molar-refractivity contribution is -0.142. The minimum absolute atomic E-state index is 0.0122. The van der Waals surface area contributed by atoms with E-state index in [1.807, 2.05) is 13.1 Å². The zero-order chi connectivity index (χ0) is 25.3. The summed E-state index contributed by atoms with van der Waals surface area (Å²) in [6.07, 6.45) is -2.41. The van der Waals surface area contributed by atoms with Gasteiger partial charge in [-0.1, -0.05) is 23.7 Å². The Morgan fingerprint density at radius 3 is 2.69 bits per heavy atom. The number of benzene rings is 1. The van der Waals surface area contributed by atoms with Gasteiger partial charge in [0.1, 0.15) is 10.8 Å². The minimum atomic E-state index is -4.77. The van der Waals surface area contributed by atoms with Crippen LogP contribution in [0.5, 0.6) is 5.75 Å². The molecule has 8 nitrogen and oxygen atoms in total. The molecule has 1 N–H and O–H groups in total. The summed E-state index contributed by atoms with van der Waals surface area (Å²) in [5, 5.41) is 10.5. The van der Waals surface area contributed by atoms with Gasteiger partial charge >= 0.3 is 6.18 Å². The summed E-state index contributed by atoms with van der Waals surface area (Å²) in [4.78, 5) is 16.9. The third-order valence-electron chi connectivity index (χ3n) is 5.14. The van der Waals surface area contributed by atoms with E-state index in [1.54, 1.807) is 28.9 Å². The summed E-state index contributed by atoms with van der Waals surface area (Å²) >= 11 is 9.68. The number of amides is 1. The monoisotopic (exact) mass is 570 g/mol. The van der Waals surface area contributed by atoms with Crippen LogP contribution in [0.4, 0.5) is 13.2 Å². The van der Waals surface area contributed by atoms with Crippen molar-refractivity contribution in [2.24, 2.45) is 0 Å². The molecule has 0 fully saturated rings. The fourth-order valence-electron chi connectivity index (χ4n) is 3.40. The van der Waals surface area contributed by atoms with E-state index in [2.05, 4.69) is 36.4 Å². The van der Waals surface area contributed by atoms with E-state index >= 15 is 0 Å². The molecule has 1 aromatic carbocycles. The summed E-state index contributed by atoms with van der Waals surface area (Å²) in [5.41, 5.74) is -0.488. The SMILES string of the molecule is COc1cccc(-c2cc(C(F)(F)F)n3nc(C(=O)NCCCn4cc(Br)c(C)n4)c(Cl)c3n2)c1. The molecule has 0 aliphatic carbocycles. The predicted molar refractivity (Wildman–Crippen MR) is 127 cm³/mol. The van der Waals surface area contributed by atoms with Gasteiger partial charge in [-0.05, 0) is 47.5 Å². The van der Waals surface area contributed by atoms with Crippen molar-refractivity contribution in [2.75, 3.05) is 13.7 Å². The molecule has 35 heavy (non-hydrogen) atoms. The van der Waals surface area contributed by atoms with Gasteiger partial charge in [0, 0.05) is 24.8 Å². The van der Waals surface area contributed by atoms with E-state index in [1.165, 1.54) is 7.11 Å². The van der Waals surface area contributed by atoms with Crippen molar-refractivity contribution in [3.05, 3.63) is 63.1 Å². The number of halogens is 5. The number of aryl methyl sites for hydroxylation is 2. The maximum atomic E-state index is 13.9. The Balaban J connectivity index is 1.61. The van der Waals surface area contributed by atoms with Crippen LogP contribution in [0.1, 0.15) is 28.3 Å². The molecule has 3 aromatic heterocycles. The van der Waals surface area contributed by atoms with E-state index < -0.39 is 17.8 Å². The molecule has 0 atom stereocenters. The van der Waals surface area contributed by atoms with Gasteiger partial charge in [-0.3, -0.25) is 9.48 Å². The van der Waals surface area contributed by atoms with Crippen LogP contribution in [-0.2, 0) is 12.7 Å². The van der Waals surface area contributed by atoms with Crippen molar-refractivity contribution < 1.29 is 22.7 Å². The van der Waals surface area contributed by atoms with Gasteiger partial charge in [-0.2, -0.15) is 23.4 Å². The number of carbonyl (C=O) groups is 1. The fourth-order valence-corrected chi connectivity index (χ4v) is 3.97. The largest absolute Gasteiger partial charge is 0.497 e. The highest BCUT2D eigenvalue weighted by Crippen LogP contribution is 2.35. The van der Waals surface area contributed by atoms with Crippen molar-refractivity contribution in [2.45, 2.75) is 26.1 Å². The summed E-state index contributed by atoms with van der Waals surface area (Å²) in [6, 6.07) is 7.30. The molecule has 0 aliphatic heterocycles. The van der Waals surface area contributed by atoms with Gasteiger partial charge < -0.3 is 10.1 Å². The van der Waals surface area contributed by atoms with Crippen LogP contribution in [0.25, 0.3) is 16.9 Å². The summed E-state index contributed by atoms with van der Waals surface area (Å²) in [5.74, 6) is -0.246. The maximum Gasteiger partial charge on any atom is 0.433 e. The second kappa shape index (κ2) is 9.86. The van der Waals surface area contributed by atoms with Crippen LogP contribution in [0.15, 0.2) is 41.0 Å². The molecule has 0 spiro atoms. The molecule has 0 radical (unpaired) electrons. The summed E-state index contributed by atoms with van der Waals surface area (Å²) in [7, 11) is 1.45. The standard InChI is InChI=1S/C22H19BrClF3N6O2/c1-12-15(23)11-32(30-12)8-4-7-28-21(34)19-18(24)20-29-16(13-5-3-6-14(9-13)35-2)10-17(22(25,26)27)33(20)31-19/h3,5-6,9-11H,4,7-8H2,1-2H3,(H,28,34). The summed E-state index contributed by atoms with van der Waals surface area (Å²) in [6.45, 7) is 2.64. The highest BCUT2D eigenvalue weighted by atomic mass is 79.9. The molecule has 0 aliphatic rings. The number of nitrogens with zero attached hydrogens (tertiary/aromatic N) is 5. The smallest absolute Gasteiger partial charge is 0.433 e. The van der Waals surface area contributed by atoms with Crippen molar-refractivity contribution >= 4 is 39.1 Å². The third kappa shape index (κ3) is 5.27. The van der Waals surface area contributed by atoms with Crippen molar-refractivity contribution in [1.82, 2.24) is 29.7 Å². The lowest BCUT2D eigenvalue weighted by Crippen LogP contribution is -2.26. The number of methoxy groups -OCH3 is 1. The Kier molecular flexibility index (Phi) is 7.04. The molecule has 0 saturated carbocycles. The van der Waals surface area contributed by atoms with Gasteiger partial charge in [0.2, 0.25) is 0 Å². The second-order valence-corrected chi connectivity index (χ2v) is 8.82. The number of aromatic nitrogens is 5. The first kappa shape index (κ1) is 25.0. The van der Waals surface area contributed by atoms with Crippen LogP contribution < -0.4 is 10.1 Å². The molecule has 4 rings (SSSR count). The summed E-state index contributed by atoms with van der Waals surface area (Å²) < 4.78 is 49.9. The van der Waals surface area contributed by atoms with Gasteiger partial charge in [0.15, 0.2) is 17.0 Å². The molecule has 0 bridgehead atoms. The maximum absolute atomic E-state index is 13.9. The first-order chi connectivity index (χ1) is 16.6. The predicted octanol–water partition coefficient (Wildman–Crippen LogP) is 5.16. The van der Waals surface area contributed by atoms with Crippen LogP contribution in [0.3, 0.4) is 0 Å². The number of hydrogen-bond acceptors (Lipinski definition) is 5. The van der Waals surface area contributed by atoms with Crippen molar-refractivity contribution in [3.8, 4) is 17.0 Å². The Hall–Kier alpha value is -3.12. The topological polar surface area (TPSA) is 86.3 Å². The number of nitrogens with one attached hydrogen (secondary N) is 1. The molecule has 1 amide bonds. The molecular weight excluding hydrogens is 553 g/mol. The van der Waals surface area contributed by atoms with Crippen LogP contribution in [0.2, 0.25) is 5.02 Å². The first-order valence-electron chi connectivity index (χ1n) is 10.4. The van der Waals surface area contributed by atoms with Crippen molar-refractivity contribution in [1.29, 1.82) is 0 Å². The van der Waals surface area contributed by atoms with Crippen LogP contribution >= 0.6 is 27.5 Å². The van der Waals surface area contributed by atoms with E-state index in [4.69, 9.17) is 16.3 Å². The van der Waals surface area contributed by atoms with E-state index in [-0.39, 0.29) is 28.6 Å². The van der Waals surface area contributed by atoms with Gasteiger partial charge in [-0.25, -0.2) is 9.50 Å². The van der Waals surface area contributed by atoms with E-state index in [0.29, 0.717) is 28.8 Å². The zero-order valence-corrected chi connectivity index (χ0v) is 20.9. The van der Waals surface area contributed by atoms with Gasteiger partial charge in [0.25, 0.3) is 5.91 Å². The van der Waals surface area contributed by atoms with Crippen molar-refractivity contribution in [3.63, 3.8) is 0 Å². The first-order valence-corrected chi connectivity index (χ1v) is 11.5. The van der Waals surface area contributed by atoms with E-state index in [0.717, 1.165) is 16.2 Å². The lowest BCUT2D eigenvalue weighted by Gasteiger charge is -2.11. The Morgan fingerprint density at radius 2 is 2.03 bits per heavy atom.